The van der Waals surface area contributed by atoms with Crippen LogP contribution >= 0.6 is 11.6 Å². The minimum Gasteiger partial charge on any atom is -0.491 e. The van der Waals surface area contributed by atoms with Crippen molar-refractivity contribution >= 4 is 23.3 Å². The Morgan fingerprint density at radius 3 is 2.60 bits per heavy atom. The molecule has 2 N–H and O–H groups in total. The Morgan fingerprint density at radius 2 is 1.82 bits per heavy atom. The number of nitrogens with one attached hydrogen (secondary N) is 2. The third kappa shape index (κ3) is 9.21. The molecule has 0 spiro atoms. The Balaban J connectivity index is 1.39. The van der Waals surface area contributed by atoms with E-state index >= 15 is 0 Å². The van der Waals surface area contributed by atoms with E-state index in [0.29, 0.717) is 23.8 Å². The van der Waals surface area contributed by atoms with E-state index in [1.54, 1.807) is 0 Å². The molecule has 6 heteroatoms. The number of rotatable bonds is 11. The lowest BCUT2D eigenvalue weighted by Crippen LogP contribution is -2.37. The fourth-order valence-electron chi connectivity index (χ4n) is 5.34. The first-order chi connectivity index (χ1) is 19.5. The maximum absolute atomic E-state index is 13.6. The number of ketones is 1. The molecule has 0 heterocycles. The molecule has 40 heavy (non-hydrogen) atoms. The van der Waals surface area contributed by atoms with Crippen LogP contribution in [0.1, 0.15) is 75.5 Å². The van der Waals surface area contributed by atoms with E-state index in [4.69, 9.17) is 16.3 Å². The van der Waals surface area contributed by atoms with Gasteiger partial charge in [0, 0.05) is 29.6 Å². The van der Waals surface area contributed by atoms with Gasteiger partial charge in [0.05, 0.1) is 6.10 Å². The number of carbonyl (C=O) groups excluding carboxylic acids is 2. The molecule has 0 aliphatic heterocycles. The molecule has 0 radical (unpaired) electrons. The maximum Gasteiger partial charge on any atom is 0.246 e. The van der Waals surface area contributed by atoms with Crippen LogP contribution in [0.4, 0.5) is 0 Å². The summed E-state index contributed by atoms with van der Waals surface area (Å²) in [6.07, 6.45) is 15.8. The van der Waals surface area contributed by atoms with Crippen LogP contribution < -0.4 is 10.6 Å². The number of benzene rings is 2. The Morgan fingerprint density at radius 1 is 1.05 bits per heavy atom. The van der Waals surface area contributed by atoms with Gasteiger partial charge >= 0.3 is 0 Å². The largest absolute Gasteiger partial charge is 0.491 e. The lowest BCUT2D eigenvalue weighted by Gasteiger charge is -2.29. The van der Waals surface area contributed by atoms with Gasteiger partial charge in [-0.15, -0.1) is 0 Å². The van der Waals surface area contributed by atoms with Crippen molar-refractivity contribution in [2.75, 3.05) is 6.54 Å². The molecule has 2 aromatic rings. The molecular formula is C34H41ClN2O3. The van der Waals surface area contributed by atoms with Gasteiger partial charge in [0.25, 0.3) is 0 Å². The quantitative estimate of drug-likeness (QED) is 0.300. The van der Waals surface area contributed by atoms with E-state index < -0.39 is 6.04 Å². The first kappa shape index (κ1) is 29.8. The summed E-state index contributed by atoms with van der Waals surface area (Å²) in [5, 5.41) is 7.32. The number of hydrogen-bond donors (Lipinski definition) is 2. The molecule has 1 saturated carbocycles. The highest BCUT2D eigenvalue weighted by Gasteiger charge is 2.29. The molecule has 0 bridgehead atoms. The summed E-state index contributed by atoms with van der Waals surface area (Å²) < 4.78 is 6.38. The van der Waals surface area contributed by atoms with Crippen molar-refractivity contribution in [3.05, 3.63) is 107 Å². The summed E-state index contributed by atoms with van der Waals surface area (Å²) >= 11 is 6.02. The van der Waals surface area contributed by atoms with Crippen LogP contribution in [0.5, 0.6) is 0 Å². The number of carbonyl (C=O) groups is 2. The number of Topliss-reactive ketones (excluding diaryl/α,β-unsaturated/α-hetero) is 1. The van der Waals surface area contributed by atoms with Crippen molar-refractivity contribution in [3.63, 3.8) is 0 Å². The number of allylic oxidation sites excluding steroid dienone is 4. The third-order valence-electron chi connectivity index (χ3n) is 7.54. The highest BCUT2D eigenvalue weighted by molar-refractivity contribution is 6.30. The van der Waals surface area contributed by atoms with Gasteiger partial charge in [-0.2, -0.15) is 0 Å². The second-order valence-electron chi connectivity index (χ2n) is 10.7. The van der Waals surface area contributed by atoms with Crippen LogP contribution in [0.3, 0.4) is 0 Å². The normalized spacial score (nSPS) is 23.8. The smallest absolute Gasteiger partial charge is 0.246 e. The molecule has 5 nitrogen and oxygen atoms in total. The molecule has 3 unspecified atom stereocenters. The van der Waals surface area contributed by atoms with Crippen LogP contribution in [0.25, 0.3) is 0 Å². The number of hydrogen-bond acceptors (Lipinski definition) is 4. The van der Waals surface area contributed by atoms with E-state index in [2.05, 4.69) is 29.7 Å². The Bertz CT molecular complexity index is 1200. The van der Waals surface area contributed by atoms with Gasteiger partial charge in [0.15, 0.2) is 0 Å². The molecule has 4 rings (SSSR count). The zero-order valence-corrected chi connectivity index (χ0v) is 24.2. The van der Waals surface area contributed by atoms with Crippen LogP contribution in [0.2, 0.25) is 5.02 Å². The molecule has 0 saturated heterocycles. The minimum absolute atomic E-state index is 0.0558. The maximum atomic E-state index is 13.6. The number of amides is 1. The van der Waals surface area contributed by atoms with E-state index in [-0.39, 0.29) is 17.9 Å². The van der Waals surface area contributed by atoms with Crippen molar-refractivity contribution in [1.29, 1.82) is 0 Å². The van der Waals surface area contributed by atoms with Gasteiger partial charge in [-0.3, -0.25) is 9.59 Å². The average Bonchev–Trinajstić information content (AvgIpc) is 3.07. The van der Waals surface area contributed by atoms with Crippen molar-refractivity contribution in [1.82, 2.24) is 10.6 Å². The minimum atomic E-state index is -0.489. The predicted octanol–water partition coefficient (Wildman–Crippen LogP) is 7.39. The van der Waals surface area contributed by atoms with Gasteiger partial charge in [-0.25, -0.2) is 0 Å². The number of halogens is 1. The first-order valence-corrected chi connectivity index (χ1v) is 15.0. The van der Waals surface area contributed by atoms with Gasteiger partial charge < -0.3 is 15.4 Å². The molecule has 3 atom stereocenters. The van der Waals surface area contributed by atoms with Crippen molar-refractivity contribution in [2.45, 2.75) is 76.9 Å². The zero-order chi connectivity index (χ0) is 28.2. The van der Waals surface area contributed by atoms with Gasteiger partial charge in [-0.05, 0) is 86.4 Å². The fraction of sp³-hybridized carbons (Fsp3) is 0.412. The van der Waals surface area contributed by atoms with E-state index in [9.17, 15) is 9.59 Å². The summed E-state index contributed by atoms with van der Waals surface area (Å²) in [5.41, 5.74) is 2.85. The summed E-state index contributed by atoms with van der Waals surface area (Å²) in [6.45, 7) is 2.77. The molecule has 2 aromatic carbocycles. The van der Waals surface area contributed by atoms with Crippen LogP contribution in [0, 0.1) is 5.92 Å². The highest BCUT2D eigenvalue weighted by Crippen LogP contribution is 2.29. The standard InChI is InChI=1S/C34H41ClN2O3/c1-2-9-27-24-31(20-21-32(27)38)40-30-13-8-4-7-12-29(18-19-30)37-34(39)33(26-10-5-3-6-11-26)36-23-22-25-14-16-28(35)17-15-25/h3,5-6,10-19,27,31,33,36H,2,4,7-9,20-24H2,1H3,(H,37,39)/b19-18-,29-12-,30-13+. The Hall–Kier alpha value is -3.15. The van der Waals surface area contributed by atoms with E-state index in [0.717, 1.165) is 73.9 Å². The second kappa shape index (κ2) is 15.6. The molecule has 1 fully saturated rings. The fourth-order valence-corrected chi connectivity index (χ4v) is 5.47. The molecule has 212 valence electrons. The van der Waals surface area contributed by atoms with Crippen molar-refractivity contribution in [3.8, 4) is 0 Å². The van der Waals surface area contributed by atoms with E-state index in [1.165, 1.54) is 0 Å². The topological polar surface area (TPSA) is 67.4 Å². The summed E-state index contributed by atoms with van der Waals surface area (Å²) in [6, 6.07) is 17.1. The average molecular weight is 561 g/mol. The number of ether oxygens (including phenoxy) is 1. The second-order valence-corrected chi connectivity index (χ2v) is 11.1. The predicted molar refractivity (Wildman–Crippen MR) is 162 cm³/mol. The summed E-state index contributed by atoms with van der Waals surface area (Å²) in [5.74, 6) is 1.21. The molecule has 1 amide bonds. The van der Waals surface area contributed by atoms with Gasteiger partial charge in [0.1, 0.15) is 17.6 Å². The molecule has 2 aliphatic carbocycles. The van der Waals surface area contributed by atoms with Crippen LogP contribution in [-0.2, 0) is 20.7 Å². The lowest BCUT2D eigenvalue weighted by atomic mass is 9.83. The summed E-state index contributed by atoms with van der Waals surface area (Å²) in [4.78, 5) is 25.8. The zero-order valence-electron chi connectivity index (χ0n) is 23.4. The highest BCUT2D eigenvalue weighted by atomic mass is 35.5. The Kier molecular flexibility index (Phi) is 11.6. The van der Waals surface area contributed by atoms with Crippen LogP contribution in [0.15, 0.2) is 90.4 Å². The van der Waals surface area contributed by atoms with Crippen molar-refractivity contribution < 1.29 is 14.3 Å². The molecular weight excluding hydrogens is 520 g/mol. The van der Waals surface area contributed by atoms with E-state index in [1.807, 2.05) is 66.7 Å². The van der Waals surface area contributed by atoms with Gasteiger partial charge in [-0.1, -0.05) is 73.5 Å². The van der Waals surface area contributed by atoms with Crippen LogP contribution in [-0.4, -0.2) is 24.3 Å². The third-order valence-corrected chi connectivity index (χ3v) is 7.79. The lowest BCUT2D eigenvalue weighted by molar-refractivity contribution is -0.127. The molecule has 0 aromatic heterocycles. The van der Waals surface area contributed by atoms with Gasteiger partial charge in [0.2, 0.25) is 5.91 Å². The monoisotopic (exact) mass is 560 g/mol. The molecule has 2 aliphatic rings. The Labute approximate surface area is 243 Å². The summed E-state index contributed by atoms with van der Waals surface area (Å²) in [7, 11) is 0. The SMILES string of the molecule is CCCC1CC(OC2=C/CCC/C=C(NC(=O)C(NCCc3ccc(Cl)cc3)c3ccccc3)/C=C\2)CCC1=O. The van der Waals surface area contributed by atoms with Crippen molar-refractivity contribution in [2.24, 2.45) is 5.92 Å². The first-order valence-electron chi connectivity index (χ1n) is 14.6.